The van der Waals surface area contributed by atoms with Gasteiger partial charge in [-0.1, -0.05) is 26.0 Å². The van der Waals surface area contributed by atoms with Gasteiger partial charge in [0, 0.05) is 19.6 Å². The zero-order valence-electron chi connectivity index (χ0n) is 19.2. The number of esters is 1. The summed E-state index contributed by atoms with van der Waals surface area (Å²) in [6.07, 6.45) is 0.981. The van der Waals surface area contributed by atoms with E-state index in [0.29, 0.717) is 24.6 Å². The van der Waals surface area contributed by atoms with Gasteiger partial charge >= 0.3 is 5.97 Å². The number of nitrogens with zero attached hydrogens (tertiary/aromatic N) is 1. The van der Waals surface area contributed by atoms with Gasteiger partial charge in [-0.15, -0.1) is 0 Å². The standard InChI is InChI=1S/C24H28N2O7S/c1-16-8-17(2)13-26(12-16)34(29,30)20-5-3-4-19(10-20)24(28)31-14-23(27)25-11-18-6-7-21-22(9-18)33-15-32-21/h3-7,9-10,16-17H,8,11-15H2,1-2H3,(H,25,27). The number of carbonyl (C=O) groups is 2. The van der Waals surface area contributed by atoms with Crippen molar-refractivity contribution in [3.8, 4) is 11.5 Å². The minimum absolute atomic E-state index is 0.0375. The second-order valence-electron chi connectivity index (χ2n) is 8.84. The Hall–Kier alpha value is -3.11. The van der Waals surface area contributed by atoms with E-state index in [1.54, 1.807) is 18.2 Å². The van der Waals surface area contributed by atoms with Crippen molar-refractivity contribution in [2.24, 2.45) is 11.8 Å². The molecule has 2 aromatic rings. The zero-order chi connectivity index (χ0) is 24.3. The first kappa shape index (κ1) is 24.0. The van der Waals surface area contributed by atoms with Gasteiger partial charge in [-0.2, -0.15) is 4.31 Å². The number of piperidine rings is 1. The number of carbonyl (C=O) groups excluding carboxylic acids is 2. The summed E-state index contributed by atoms with van der Waals surface area (Å²) in [7, 11) is -3.73. The average Bonchev–Trinajstić information content (AvgIpc) is 3.28. The predicted molar refractivity (Wildman–Crippen MR) is 123 cm³/mol. The molecule has 0 radical (unpaired) electrons. The van der Waals surface area contributed by atoms with Crippen molar-refractivity contribution in [3.63, 3.8) is 0 Å². The van der Waals surface area contributed by atoms with Gasteiger partial charge in [0.2, 0.25) is 16.8 Å². The Bertz CT molecular complexity index is 1170. The Morgan fingerprint density at radius 1 is 1.06 bits per heavy atom. The van der Waals surface area contributed by atoms with Gasteiger partial charge in [0.25, 0.3) is 5.91 Å². The Morgan fingerprint density at radius 3 is 2.56 bits per heavy atom. The van der Waals surface area contributed by atoms with E-state index in [9.17, 15) is 18.0 Å². The van der Waals surface area contributed by atoms with Crippen LogP contribution in [0.4, 0.5) is 0 Å². The summed E-state index contributed by atoms with van der Waals surface area (Å²) in [5.74, 6) is 0.548. The normalized spacial score (nSPS) is 20.1. The molecule has 9 nitrogen and oxygen atoms in total. The smallest absolute Gasteiger partial charge is 0.338 e. The van der Waals surface area contributed by atoms with Crippen LogP contribution in [0.5, 0.6) is 11.5 Å². The maximum atomic E-state index is 13.1. The molecule has 4 rings (SSSR count). The van der Waals surface area contributed by atoms with Crippen LogP contribution in [-0.4, -0.2) is 51.1 Å². The van der Waals surface area contributed by atoms with E-state index >= 15 is 0 Å². The highest BCUT2D eigenvalue weighted by atomic mass is 32.2. The topological polar surface area (TPSA) is 111 Å². The Kier molecular flexibility index (Phi) is 7.08. The first-order valence-corrected chi connectivity index (χ1v) is 12.6. The van der Waals surface area contributed by atoms with Gasteiger partial charge in [-0.05, 0) is 54.2 Å². The first-order chi connectivity index (χ1) is 16.2. The molecular weight excluding hydrogens is 460 g/mol. The molecule has 34 heavy (non-hydrogen) atoms. The number of hydrogen-bond donors (Lipinski definition) is 1. The molecule has 2 atom stereocenters. The lowest BCUT2D eigenvalue weighted by molar-refractivity contribution is -0.124. The van der Waals surface area contributed by atoms with Crippen LogP contribution in [0, 0.1) is 11.8 Å². The van der Waals surface area contributed by atoms with Crippen LogP contribution in [0.15, 0.2) is 47.4 Å². The molecule has 0 aromatic heterocycles. The lowest BCUT2D eigenvalue weighted by Gasteiger charge is -2.34. The molecule has 0 saturated carbocycles. The maximum absolute atomic E-state index is 13.1. The predicted octanol–water partition coefficient (Wildman–Crippen LogP) is 2.56. The van der Waals surface area contributed by atoms with Crippen molar-refractivity contribution in [2.75, 3.05) is 26.5 Å². The second-order valence-corrected chi connectivity index (χ2v) is 10.8. The van der Waals surface area contributed by atoms with Gasteiger partial charge in [-0.25, -0.2) is 13.2 Å². The number of nitrogens with one attached hydrogen (secondary N) is 1. The summed E-state index contributed by atoms with van der Waals surface area (Å²) in [5.41, 5.74) is 0.880. The van der Waals surface area contributed by atoms with E-state index in [4.69, 9.17) is 14.2 Å². The SMILES string of the molecule is CC1CC(C)CN(S(=O)(=O)c2cccc(C(=O)OCC(=O)NCc3ccc4c(c3)OCO4)c2)C1. The van der Waals surface area contributed by atoms with Crippen LogP contribution >= 0.6 is 0 Å². The number of benzene rings is 2. The van der Waals surface area contributed by atoms with Crippen molar-refractivity contribution in [1.29, 1.82) is 0 Å². The summed E-state index contributed by atoms with van der Waals surface area (Å²) in [6, 6.07) is 11.1. The van der Waals surface area contributed by atoms with Crippen molar-refractivity contribution >= 4 is 21.9 Å². The third-order valence-electron chi connectivity index (χ3n) is 5.80. The fourth-order valence-electron chi connectivity index (χ4n) is 4.25. The molecule has 0 bridgehead atoms. The van der Waals surface area contributed by atoms with E-state index < -0.39 is 28.5 Å². The molecule has 10 heteroatoms. The third-order valence-corrected chi connectivity index (χ3v) is 7.63. The fourth-order valence-corrected chi connectivity index (χ4v) is 5.98. The summed E-state index contributed by atoms with van der Waals surface area (Å²) in [4.78, 5) is 24.6. The molecule has 1 N–H and O–H groups in total. The maximum Gasteiger partial charge on any atom is 0.338 e. The van der Waals surface area contributed by atoms with Gasteiger partial charge in [0.1, 0.15) is 0 Å². The monoisotopic (exact) mass is 488 g/mol. The highest BCUT2D eigenvalue weighted by molar-refractivity contribution is 7.89. The van der Waals surface area contributed by atoms with Gasteiger partial charge in [0.05, 0.1) is 10.5 Å². The number of ether oxygens (including phenoxy) is 3. The number of rotatable bonds is 7. The molecule has 1 amide bonds. The quantitative estimate of drug-likeness (QED) is 0.596. The molecule has 2 heterocycles. The molecule has 1 fully saturated rings. The molecule has 2 aliphatic rings. The van der Waals surface area contributed by atoms with Crippen LogP contribution in [0.2, 0.25) is 0 Å². The van der Waals surface area contributed by atoms with Crippen molar-refractivity contribution < 1.29 is 32.2 Å². The summed E-state index contributed by atoms with van der Waals surface area (Å²) in [6.45, 7) is 4.87. The molecule has 1 saturated heterocycles. The average molecular weight is 489 g/mol. The molecule has 182 valence electrons. The van der Waals surface area contributed by atoms with Gasteiger partial charge < -0.3 is 19.5 Å². The second kappa shape index (κ2) is 10.0. The van der Waals surface area contributed by atoms with Crippen LogP contribution in [0.3, 0.4) is 0 Å². The summed E-state index contributed by atoms with van der Waals surface area (Å²) < 4.78 is 43.3. The number of fused-ring (bicyclic) bond motifs is 1. The number of hydrogen-bond acceptors (Lipinski definition) is 7. The molecule has 2 aromatic carbocycles. The van der Waals surface area contributed by atoms with Crippen molar-refractivity contribution in [3.05, 3.63) is 53.6 Å². The van der Waals surface area contributed by atoms with E-state index in [1.165, 1.54) is 28.6 Å². The van der Waals surface area contributed by atoms with Crippen LogP contribution in [-0.2, 0) is 26.1 Å². The lowest BCUT2D eigenvalue weighted by atomic mass is 9.94. The first-order valence-electron chi connectivity index (χ1n) is 11.1. The highest BCUT2D eigenvalue weighted by Crippen LogP contribution is 2.32. The zero-order valence-corrected chi connectivity index (χ0v) is 20.0. The molecule has 0 spiro atoms. The summed E-state index contributed by atoms with van der Waals surface area (Å²) in [5, 5.41) is 2.67. The molecular formula is C24H28N2O7S. The van der Waals surface area contributed by atoms with Crippen LogP contribution < -0.4 is 14.8 Å². The molecule has 0 aliphatic carbocycles. The van der Waals surface area contributed by atoms with E-state index in [-0.39, 0.29) is 35.6 Å². The number of amides is 1. The van der Waals surface area contributed by atoms with Crippen molar-refractivity contribution in [2.45, 2.75) is 31.7 Å². The van der Waals surface area contributed by atoms with Gasteiger partial charge in [0.15, 0.2) is 18.1 Å². The summed E-state index contributed by atoms with van der Waals surface area (Å²) >= 11 is 0. The Morgan fingerprint density at radius 2 is 1.79 bits per heavy atom. The minimum atomic E-state index is -3.73. The third kappa shape index (κ3) is 5.51. The molecule has 2 aliphatic heterocycles. The van der Waals surface area contributed by atoms with Crippen molar-refractivity contribution in [1.82, 2.24) is 9.62 Å². The number of sulfonamides is 1. The largest absolute Gasteiger partial charge is 0.454 e. The Balaban J connectivity index is 1.32. The van der Waals surface area contributed by atoms with E-state index in [2.05, 4.69) is 5.32 Å². The highest BCUT2D eigenvalue weighted by Gasteiger charge is 2.32. The molecule has 2 unspecified atom stereocenters. The lowest BCUT2D eigenvalue weighted by Crippen LogP contribution is -2.42. The van der Waals surface area contributed by atoms with E-state index in [0.717, 1.165) is 12.0 Å². The Labute approximate surface area is 199 Å². The van der Waals surface area contributed by atoms with Gasteiger partial charge in [-0.3, -0.25) is 4.79 Å². The minimum Gasteiger partial charge on any atom is -0.454 e. The van der Waals surface area contributed by atoms with Crippen LogP contribution in [0.25, 0.3) is 0 Å². The van der Waals surface area contributed by atoms with E-state index in [1.807, 2.05) is 13.8 Å². The fraction of sp³-hybridized carbons (Fsp3) is 0.417. The van der Waals surface area contributed by atoms with Crippen LogP contribution in [0.1, 0.15) is 36.2 Å².